The van der Waals surface area contributed by atoms with E-state index in [2.05, 4.69) is 5.32 Å². The predicted octanol–water partition coefficient (Wildman–Crippen LogP) is 3.04. The van der Waals surface area contributed by atoms with Gasteiger partial charge < -0.3 is 25.3 Å². The van der Waals surface area contributed by atoms with Gasteiger partial charge in [-0.05, 0) is 19.1 Å². The van der Waals surface area contributed by atoms with Crippen LogP contribution in [0, 0.1) is 5.82 Å². The number of hydrogen-bond donors (Lipinski definition) is 2. The van der Waals surface area contributed by atoms with Crippen LogP contribution in [0.1, 0.15) is 18.1 Å². The average molecular weight is 397 g/mol. The standard InChI is InChI=1S/C19H22ClFN2O4/c1-11(19(22)24)23-9-13-17(25-2)7-12(8-18(13)26-3)27-10-14-15(20)5-4-6-16(14)21/h4-8,11,23H,9-10H2,1-3H3,(H2,22,24)/t11-/m0/s1. The van der Waals surface area contributed by atoms with Crippen molar-refractivity contribution in [2.45, 2.75) is 26.1 Å². The lowest BCUT2D eigenvalue weighted by molar-refractivity contribution is -0.119. The molecule has 2 aromatic carbocycles. The molecule has 0 aliphatic rings. The Kier molecular flexibility index (Phi) is 7.27. The number of methoxy groups -OCH3 is 2. The Morgan fingerprint density at radius 2 is 1.85 bits per heavy atom. The number of nitrogens with two attached hydrogens (primary N) is 1. The van der Waals surface area contributed by atoms with Crippen LogP contribution in [0.5, 0.6) is 17.2 Å². The zero-order valence-corrected chi connectivity index (χ0v) is 16.1. The van der Waals surface area contributed by atoms with E-state index in [9.17, 15) is 9.18 Å². The number of primary amides is 1. The van der Waals surface area contributed by atoms with Crippen molar-refractivity contribution in [3.05, 3.63) is 52.3 Å². The Morgan fingerprint density at radius 3 is 2.37 bits per heavy atom. The highest BCUT2D eigenvalue weighted by atomic mass is 35.5. The maximum absolute atomic E-state index is 13.9. The highest BCUT2D eigenvalue weighted by Gasteiger charge is 2.16. The topological polar surface area (TPSA) is 82.8 Å². The number of hydrogen-bond acceptors (Lipinski definition) is 5. The zero-order chi connectivity index (χ0) is 20.0. The van der Waals surface area contributed by atoms with Crippen molar-refractivity contribution < 1.29 is 23.4 Å². The molecule has 0 fully saturated rings. The molecular weight excluding hydrogens is 375 g/mol. The zero-order valence-electron chi connectivity index (χ0n) is 15.3. The van der Waals surface area contributed by atoms with Gasteiger partial charge in [-0.3, -0.25) is 4.79 Å². The normalized spacial score (nSPS) is 11.7. The van der Waals surface area contributed by atoms with Crippen molar-refractivity contribution in [3.63, 3.8) is 0 Å². The number of halogens is 2. The molecule has 146 valence electrons. The number of benzene rings is 2. The summed E-state index contributed by atoms with van der Waals surface area (Å²) in [5, 5.41) is 3.28. The largest absolute Gasteiger partial charge is 0.496 e. The molecule has 0 radical (unpaired) electrons. The van der Waals surface area contributed by atoms with E-state index in [0.717, 1.165) is 0 Å². The third kappa shape index (κ3) is 5.24. The van der Waals surface area contributed by atoms with Gasteiger partial charge in [0.05, 0.1) is 30.8 Å². The molecule has 8 heteroatoms. The lowest BCUT2D eigenvalue weighted by Gasteiger charge is -2.18. The molecule has 6 nitrogen and oxygen atoms in total. The minimum atomic E-state index is -0.515. The fraction of sp³-hybridized carbons (Fsp3) is 0.316. The van der Waals surface area contributed by atoms with Crippen LogP contribution < -0.4 is 25.3 Å². The average Bonchev–Trinajstić information content (AvgIpc) is 2.65. The van der Waals surface area contributed by atoms with Crippen molar-refractivity contribution >= 4 is 17.5 Å². The molecule has 2 aromatic rings. The Bertz CT molecular complexity index is 771. The second-order valence-electron chi connectivity index (χ2n) is 5.80. The van der Waals surface area contributed by atoms with Gasteiger partial charge in [0, 0.05) is 24.2 Å². The van der Waals surface area contributed by atoms with E-state index in [1.807, 2.05) is 0 Å². The van der Waals surface area contributed by atoms with Crippen LogP contribution in [0.4, 0.5) is 4.39 Å². The number of rotatable bonds is 9. The van der Waals surface area contributed by atoms with E-state index in [0.29, 0.717) is 29.4 Å². The van der Waals surface area contributed by atoms with Gasteiger partial charge in [0.2, 0.25) is 5.91 Å². The lowest BCUT2D eigenvalue weighted by atomic mass is 10.1. The van der Waals surface area contributed by atoms with E-state index in [1.54, 1.807) is 25.1 Å². The highest BCUT2D eigenvalue weighted by molar-refractivity contribution is 6.31. The summed E-state index contributed by atoms with van der Waals surface area (Å²) >= 11 is 6.02. The summed E-state index contributed by atoms with van der Waals surface area (Å²) in [6.45, 7) is 1.92. The molecule has 3 N–H and O–H groups in total. The number of amides is 1. The summed E-state index contributed by atoms with van der Waals surface area (Å²) in [5.41, 5.74) is 6.22. The SMILES string of the molecule is COc1cc(OCc2c(F)cccc2Cl)cc(OC)c1CN[C@@H](C)C(N)=O. The first kappa shape index (κ1) is 20.8. The van der Waals surface area contributed by atoms with Gasteiger partial charge >= 0.3 is 0 Å². The van der Waals surface area contributed by atoms with Crippen molar-refractivity contribution in [2.75, 3.05) is 14.2 Å². The van der Waals surface area contributed by atoms with E-state index in [-0.39, 0.29) is 17.2 Å². The first-order chi connectivity index (χ1) is 12.9. The molecule has 0 bridgehead atoms. The second kappa shape index (κ2) is 9.43. The quantitative estimate of drug-likeness (QED) is 0.680. The molecule has 0 saturated heterocycles. The van der Waals surface area contributed by atoms with Crippen molar-refractivity contribution in [2.24, 2.45) is 5.73 Å². The molecule has 0 aliphatic carbocycles. The van der Waals surface area contributed by atoms with E-state index >= 15 is 0 Å². The monoisotopic (exact) mass is 396 g/mol. The van der Waals surface area contributed by atoms with Gasteiger partial charge in [-0.25, -0.2) is 4.39 Å². The third-order valence-corrected chi connectivity index (χ3v) is 4.39. The number of nitrogens with one attached hydrogen (secondary N) is 1. The first-order valence-electron chi connectivity index (χ1n) is 8.20. The summed E-state index contributed by atoms with van der Waals surface area (Å²) in [6, 6.07) is 7.24. The minimum absolute atomic E-state index is 0.0475. The van der Waals surface area contributed by atoms with Crippen LogP contribution in [0.3, 0.4) is 0 Å². The molecule has 0 saturated carbocycles. The molecule has 27 heavy (non-hydrogen) atoms. The van der Waals surface area contributed by atoms with Gasteiger partial charge in [-0.15, -0.1) is 0 Å². The highest BCUT2D eigenvalue weighted by Crippen LogP contribution is 2.35. The Labute approximate surface area is 162 Å². The molecule has 0 heterocycles. The fourth-order valence-electron chi connectivity index (χ4n) is 2.40. The fourth-order valence-corrected chi connectivity index (χ4v) is 2.62. The molecule has 0 spiro atoms. The first-order valence-corrected chi connectivity index (χ1v) is 8.58. The van der Waals surface area contributed by atoms with Gasteiger partial charge in [0.15, 0.2) is 0 Å². The van der Waals surface area contributed by atoms with Crippen molar-refractivity contribution in [3.8, 4) is 17.2 Å². The maximum Gasteiger partial charge on any atom is 0.234 e. The minimum Gasteiger partial charge on any atom is -0.496 e. The third-order valence-electron chi connectivity index (χ3n) is 4.04. The van der Waals surface area contributed by atoms with Crippen LogP contribution >= 0.6 is 11.6 Å². The molecule has 2 rings (SSSR count). The van der Waals surface area contributed by atoms with E-state index in [1.165, 1.54) is 26.4 Å². The Hall–Kier alpha value is -2.51. The molecule has 0 aliphatic heterocycles. The number of ether oxygens (including phenoxy) is 3. The van der Waals surface area contributed by atoms with Gasteiger partial charge in [-0.1, -0.05) is 17.7 Å². The molecule has 0 unspecified atom stereocenters. The smallest absolute Gasteiger partial charge is 0.234 e. The summed E-state index contributed by atoms with van der Waals surface area (Å²) in [5.74, 6) is 0.508. The number of carbonyl (C=O) groups excluding carboxylic acids is 1. The maximum atomic E-state index is 13.9. The Balaban J connectivity index is 2.22. The van der Waals surface area contributed by atoms with Crippen LogP contribution in [0.15, 0.2) is 30.3 Å². The predicted molar refractivity (Wildman–Crippen MR) is 101 cm³/mol. The summed E-state index contributed by atoms with van der Waals surface area (Å²) in [7, 11) is 3.01. The molecule has 0 aromatic heterocycles. The van der Waals surface area contributed by atoms with Gasteiger partial charge in [0.1, 0.15) is 29.7 Å². The lowest BCUT2D eigenvalue weighted by Crippen LogP contribution is -2.38. The van der Waals surface area contributed by atoms with Crippen LogP contribution in [-0.2, 0) is 17.9 Å². The van der Waals surface area contributed by atoms with E-state index in [4.69, 9.17) is 31.5 Å². The summed E-state index contributed by atoms with van der Waals surface area (Å²) in [6.07, 6.45) is 0. The van der Waals surface area contributed by atoms with Crippen LogP contribution in [-0.4, -0.2) is 26.2 Å². The summed E-state index contributed by atoms with van der Waals surface area (Å²) < 4.78 is 30.4. The van der Waals surface area contributed by atoms with Crippen molar-refractivity contribution in [1.82, 2.24) is 5.32 Å². The number of carbonyl (C=O) groups is 1. The molecular formula is C19H22ClFN2O4. The van der Waals surface area contributed by atoms with Crippen LogP contribution in [0.2, 0.25) is 5.02 Å². The second-order valence-corrected chi connectivity index (χ2v) is 6.21. The van der Waals surface area contributed by atoms with Crippen molar-refractivity contribution in [1.29, 1.82) is 0 Å². The molecule has 1 atom stereocenters. The Morgan fingerprint density at radius 1 is 1.22 bits per heavy atom. The summed E-state index contributed by atoms with van der Waals surface area (Å²) in [4.78, 5) is 11.2. The van der Waals surface area contributed by atoms with Crippen LogP contribution in [0.25, 0.3) is 0 Å². The van der Waals surface area contributed by atoms with E-state index < -0.39 is 17.8 Å². The molecule has 1 amide bonds. The van der Waals surface area contributed by atoms with Gasteiger partial charge in [-0.2, -0.15) is 0 Å². The van der Waals surface area contributed by atoms with Gasteiger partial charge in [0.25, 0.3) is 0 Å².